The third kappa shape index (κ3) is 6.27. The molecule has 1 aromatic carbocycles. The molecule has 7 nitrogen and oxygen atoms in total. The fraction of sp³-hybridized carbons (Fsp3) is 0.536. The van der Waals surface area contributed by atoms with Crippen LogP contribution >= 0.6 is 0 Å². The van der Waals surface area contributed by atoms with Crippen LogP contribution in [0.3, 0.4) is 0 Å². The second kappa shape index (κ2) is 11.8. The normalized spacial score (nSPS) is 21.4. The maximum Gasteiger partial charge on any atom is 0.237 e. The molecule has 1 saturated heterocycles. The van der Waals surface area contributed by atoms with E-state index in [1.165, 1.54) is 5.56 Å². The smallest absolute Gasteiger partial charge is 0.237 e. The van der Waals surface area contributed by atoms with Gasteiger partial charge in [0.2, 0.25) is 11.8 Å². The number of likely N-dealkylation sites (N-methyl/N-ethyl adjacent to an activating group) is 1. The third-order valence-electron chi connectivity index (χ3n) is 7.30. The summed E-state index contributed by atoms with van der Waals surface area (Å²) in [4.78, 5) is 39.2. The van der Waals surface area contributed by atoms with E-state index in [1.807, 2.05) is 66.3 Å². The number of benzene rings is 1. The van der Waals surface area contributed by atoms with Crippen LogP contribution in [0, 0.1) is 0 Å². The molecule has 1 fully saturated rings. The number of rotatable bonds is 5. The van der Waals surface area contributed by atoms with Crippen molar-refractivity contribution in [2.75, 3.05) is 38.6 Å². The van der Waals surface area contributed by atoms with Gasteiger partial charge in [-0.3, -0.25) is 19.5 Å². The molecule has 35 heavy (non-hydrogen) atoms. The Hall–Kier alpha value is -2.77. The van der Waals surface area contributed by atoms with Crippen molar-refractivity contribution in [3.63, 3.8) is 0 Å². The first-order chi connectivity index (χ1) is 17.0. The van der Waals surface area contributed by atoms with E-state index in [0.29, 0.717) is 38.6 Å². The number of hydrogen-bond donors (Lipinski definition) is 0. The second-order valence-electron chi connectivity index (χ2n) is 10.1. The van der Waals surface area contributed by atoms with E-state index in [0.717, 1.165) is 43.5 Å². The Morgan fingerprint density at radius 1 is 1.00 bits per heavy atom. The van der Waals surface area contributed by atoms with Crippen LogP contribution in [0.15, 0.2) is 48.8 Å². The van der Waals surface area contributed by atoms with Gasteiger partial charge in [-0.25, -0.2) is 0 Å². The topological polar surface area (TPSA) is 60.0 Å². The average molecular weight is 478 g/mol. The maximum absolute atomic E-state index is 13.4. The molecule has 0 saturated carbocycles. The van der Waals surface area contributed by atoms with E-state index in [4.69, 9.17) is 0 Å². The van der Waals surface area contributed by atoms with Gasteiger partial charge in [-0.2, -0.15) is 0 Å². The van der Waals surface area contributed by atoms with Crippen LogP contribution in [-0.4, -0.2) is 77.3 Å². The molecule has 2 amide bonds. The number of anilines is 1. The predicted molar refractivity (Wildman–Crippen MR) is 139 cm³/mol. The summed E-state index contributed by atoms with van der Waals surface area (Å²) in [6.07, 6.45) is 8.42. The van der Waals surface area contributed by atoms with Crippen molar-refractivity contribution < 1.29 is 9.59 Å². The number of pyridine rings is 1. The fourth-order valence-electron chi connectivity index (χ4n) is 5.52. The van der Waals surface area contributed by atoms with Gasteiger partial charge < -0.3 is 14.7 Å². The number of piperidine rings is 1. The lowest BCUT2D eigenvalue weighted by molar-refractivity contribution is -0.134. The number of nitrogens with zero attached hydrogens (tertiary/aromatic N) is 5. The van der Waals surface area contributed by atoms with E-state index in [9.17, 15) is 9.59 Å². The molecule has 0 spiro atoms. The Morgan fingerprint density at radius 3 is 2.49 bits per heavy atom. The van der Waals surface area contributed by atoms with E-state index >= 15 is 0 Å². The Kier molecular flexibility index (Phi) is 8.52. The van der Waals surface area contributed by atoms with E-state index in [1.54, 1.807) is 0 Å². The summed E-state index contributed by atoms with van der Waals surface area (Å²) in [6, 6.07) is 12.9. The molecule has 2 bridgehead atoms. The van der Waals surface area contributed by atoms with Crippen molar-refractivity contribution in [2.24, 2.45) is 0 Å². The summed E-state index contributed by atoms with van der Waals surface area (Å²) in [5, 5.41) is 0. The summed E-state index contributed by atoms with van der Waals surface area (Å²) in [6.45, 7) is 5.04. The van der Waals surface area contributed by atoms with Crippen molar-refractivity contribution in [3.8, 4) is 0 Å². The maximum atomic E-state index is 13.4. The predicted octanol–water partition coefficient (Wildman–Crippen LogP) is 3.54. The molecule has 2 aromatic rings. The quantitative estimate of drug-likeness (QED) is 0.659. The monoisotopic (exact) mass is 477 g/mol. The van der Waals surface area contributed by atoms with E-state index in [-0.39, 0.29) is 17.9 Å². The van der Waals surface area contributed by atoms with Crippen molar-refractivity contribution in [1.29, 1.82) is 0 Å². The van der Waals surface area contributed by atoms with Crippen LogP contribution in [0.5, 0.6) is 0 Å². The zero-order chi connectivity index (χ0) is 24.8. The standard InChI is InChI=1S/C28H39N5O2/c1-4-27(34)32-17-14-24-9-7-10-25(33(24)18-22-12-15-29-16-13-22)20-31(28(35)21-30(2)3)19-23-8-5-6-11-26(23)32/h5-6,8,11-13,15-16,24-25H,4,7,9-10,14,17-21H2,1-3H3. The van der Waals surface area contributed by atoms with E-state index in [2.05, 4.69) is 28.1 Å². The summed E-state index contributed by atoms with van der Waals surface area (Å²) < 4.78 is 0. The molecule has 2 aliphatic rings. The van der Waals surface area contributed by atoms with Crippen LogP contribution in [0.2, 0.25) is 0 Å². The van der Waals surface area contributed by atoms with E-state index < -0.39 is 0 Å². The minimum absolute atomic E-state index is 0.128. The number of aromatic nitrogens is 1. The van der Waals surface area contributed by atoms with Crippen LogP contribution in [0.4, 0.5) is 5.69 Å². The first-order valence-electron chi connectivity index (χ1n) is 12.9. The van der Waals surface area contributed by atoms with Crippen LogP contribution in [0.1, 0.15) is 50.2 Å². The molecule has 1 aromatic heterocycles. The molecular weight excluding hydrogens is 438 g/mol. The molecule has 0 radical (unpaired) electrons. The molecule has 0 aliphatic carbocycles. The number of amides is 2. The Bertz CT molecular complexity index is 996. The number of carbonyl (C=O) groups is 2. The number of hydrogen-bond acceptors (Lipinski definition) is 5. The van der Waals surface area contributed by atoms with Gasteiger partial charge in [0.25, 0.3) is 0 Å². The first-order valence-corrected chi connectivity index (χ1v) is 12.9. The fourth-order valence-corrected chi connectivity index (χ4v) is 5.52. The molecule has 7 heteroatoms. The molecule has 2 atom stereocenters. The Labute approximate surface area is 209 Å². The Balaban J connectivity index is 1.73. The molecule has 2 aliphatic heterocycles. The SMILES string of the molecule is CCC(=O)N1CCC2CCCC(CN(C(=O)CN(C)C)Cc3ccccc31)N2Cc1ccncc1. The highest BCUT2D eigenvalue weighted by Crippen LogP contribution is 2.31. The van der Waals surface area contributed by atoms with Crippen LogP contribution in [0.25, 0.3) is 0 Å². The van der Waals surface area contributed by atoms with Gasteiger partial charge in [-0.05, 0) is 62.7 Å². The molecule has 4 rings (SSSR count). The zero-order valence-electron chi connectivity index (χ0n) is 21.4. The van der Waals surface area contributed by atoms with Crippen molar-refractivity contribution in [2.45, 2.75) is 64.2 Å². The molecule has 3 heterocycles. The molecule has 0 N–H and O–H groups in total. The highest BCUT2D eigenvalue weighted by atomic mass is 16.2. The van der Waals surface area contributed by atoms with Crippen LogP contribution < -0.4 is 4.90 Å². The summed E-state index contributed by atoms with van der Waals surface area (Å²) in [5.74, 6) is 0.263. The molecule has 2 unspecified atom stereocenters. The summed E-state index contributed by atoms with van der Waals surface area (Å²) >= 11 is 0. The summed E-state index contributed by atoms with van der Waals surface area (Å²) in [5.41, 5.74) is 3.22. The second-order valence-corrected chi connectivity index (χ2v) is 10.1. The van der Waals surface area contributed by atoms with Gasteiger partial charge in [0, 0.05) is 62.8 Å². The highest BCUT2D eigenvalue weighted by molar-refractivity contribution is 5.94. The molecule has 188 valence electrons. The third-order valence-corrected chi connectivity index (χ3v) is 7.30. The zero-order valence-corrected chi connectivity index (χ0v) is 21.4. The van der Waals surface area contributed by atoms with Crippen molar-refractivity contribution >= 4 is 17.5 Å². The first kappa shape index (κ1) is 25.3. The van der Waals surface area contributed by atoms with Crippen LogP contribution in [-0.2, 0) is 22.7 Å². The van der Waals surface area contributed by atoms with Gasteiger partial charge >= 0.3 is 0 Å². The van der Waals surface area contributed by atoms with Crippen molar-refractivity contribution in [1.82, 2.24) is 19.7 Å². The van der Waals surface area contributed by atoms with Gasteiger partial charge in [0.1, 0.15) is 0 Å². The minimum Gasteiger partial charge on any atom is -0.336 e. The Morgan fingerprint density at radius 2 is 1.74 bits per heavy atom. The highest BCUT2D eigenvalue weighted by Gasteiger charge is 2.34. The van der Waals surface area contributed by atoms with Gasteiger partial charge in [-0.15, -0.1) is 0 Å². The minimum atomic E-state index is 0.128. The van der Waals surface area contributed by atoms with Gasteiger partial charge in [0.15, 0.2) is 0 Å². The lowest BCUT2D eigenvalue weighted by atomic mass is 9.92. The average Bonchev–Trinajstić information content (AvgIpc) is 2.86. The lowest BCUT2D eigenvalue weighted by Gasteiger charge is -2.44. The number of fused-ring (bicyclic) bond motifs is 3. The molecular formula is C28H39N5O2. The summed E-state index contributed by atoms with van der Waals surface area (Å²) in [7, 11) is 3.87. The number of para-hydroxylation sites is 1. The van der Waals surface area contributed by atoms with Crippen molar-refractivity contribution in [3.05, 3.63) is 59.9 Å². The van der Waals surface area contributed by atoms with Gasteiger partial charge in [-0.1, -0.05) is 31.5 Å². The van der Waals surface area contributed by atoms with Gasteiger partial charge in [0.05, 0.1) is 6.54 Å². The number of carbonyl (C=O) groups excluding carboxylic acids is 2. The lowest BCUT2D eigenvalue weighted by Crippen LogP contribution is -2.53. The largest absolute Gasteiger partial charge is 0.336 e.